The van der Waals surface area contributed by atoms with Gasteiger partial charge in [0.25, 0.3) is 0 Å². The Balaban J connectivity index is 1.97. The molecule has 3 nitrogen and oxygen atoms in total. The summed E-state index contributed by atoms with van der Waals surface area (Å²) in [7, 11) is 0. The Kier molecular flexibility index (Phi) is 3.85. The maximum absolute atomic E-state index is 5.99. The molecule has 1 saturated carbocycles. The number of alkyl halides is 1. The summed E-state index contributed by atoms with van der Waals surface area (Å²) in [5, 5.41) is 8.26. The maximum atomic E-state index is 5.99. The molecule has 0 aromatic carbocycles. The molecule has 1 fully saturated rings. The normalized spacial score (nSPS) is 27.9. The van der Waals surface area contributed by atoms with E-state index in [1.165, 1.54) is 32.1 Å². The lowest BCUT2D eigenvalue weighted by Gasteiger charge is -2.27. The summed E-state index contributed by atoms with van der Waals surface area (Å²) in [6.07, 6.45) is 8.44. The van der Waals surface area contributed by atoms with Gasteiger partial charge in [0, 0.05) is 0 Å². The highest BCUT2D eigenvalue weighted by atomic mass is 35.5. The molecule has 0 radical (unpaired) electrons. The zero-order chi connectivity index (χ0) is 11.5. The van der Waals surface area contributed by atoms with Crippen molar-refractivity contribution in [3.63, 3.8) is 0 Å². The molecule has 0 bridgehead atoms. The Morgan fingerprint density at radius 2 is 2.12 bits per heavy atom. The zero-order valence-electron chi connectivity index (χ0n) is 10.1. The van der Waals surface area contributed by atoms with Crippen LogP contribution in [0.1, 0.15) is 63.1 Å². The van der Waals surface area contributed by atoms with Gasteiger partial charge in [0.05, 0.1) is 17.6 Å². The van der Waals surface area contributed by atoms with E-state index in [4.69, 9.17) is 11.6 Å². The first-order valence-electron chi connectivity index (χ1n) is 6.26. The van der Waals surface area contributed by atoms with Gasteiger partial charge < -0.3 is 0 Å². The van der Waals surface area contributed by atoms with Crippen LogP contribution in [0.2, 0.25) is 0 Å². The molecule has 0 N–H and O–H groups in total. The Hall–Kier alpha value is -0.570. The van der Waals surface area contributed by atoms with Crippen molar-refractivity contribution in [2.45, 2.75) is 57.4 Å². The smallest absolute Gasteiger partial charge is 0.100 e. The third-order valence-electron chi connectivity index (χ3n) is 3.70. The van der Waals surface area contributed by atoms with E-state index < -0.39 is 0 Å². The second kappa shape index (κ2) is 5.17. The second-order valence-electron chi connectivity index (χ2n) is 4.82. The summed E-state index contributed by atoms with van der Waals surface area (Å²) in [4.78, 5) is 0. The molecule has 90 valence electrons. The van der Waals surface area contributed by atoms with Crippen LogP contribution in [0.5, 0.6) is 0 Å². The van der Waals surface area contributed by atoms with Crippen LogP contribution in [0.3, 0.4) is 0 Å². The van der Waals surface area contributed by atoms with Crippen molar-refractivity contribution >= 4 is 11.6 Å². The molecule has 1 aliphatic rings. The number of rotatable bonds is 3. The van der Waals surface area contributed by atoms with Crippen LogP contribution < -0.4 is 0 Å². The largest absolute Gasteiger partial charge is 0.249 e. The first kappa shape index (κ1) is 11.9. The summed E-state index contributed by atoms with van der Waals surface area (Å²) in [6.45, 7) is 4.22. The van der Waals surface area contributed by atoms with Crippen molar-refractivity contribution in [2.75, 3.05) is 0 Å². The van der Waals surface area contributed by atoms with Gasteiger partial charge in [-0.25, -0.2) is 4.68 Å². The summed E-state index contributed by atoms with van der Waals surface area (Å²) in [5.74, 6) is 0.922. The van der Waals surface area contributed by atoms with Crippen molar-refractivity contribution in [2.24, 2.45) is 5.92 Å². The average molecular weight is 242 g/mol. The Morgan fingerprint density at radius 1 is 1.44 bits per heavy atom. The van der Waals surface area contributed by atoms with Crippen molar-refractivity contribution in [3.8, 4) is 0 Å². The molecule has 0 saturated heterocycles. The molecular weight excluding hydrogens is 222 g/mol. The van der Waals surface area contributed by atoms with Gasteiger partial charge in [-0.2, -0.15) is 0 Å². The molecule has 1 aliphatic carbocycles. The van der Waals surface area contributed by atoms with Gasteiger partial charge in [0.2, 0.25) is 0 Å². The van der Waals surface area contributed by atoms with Crippen molar-refractivity contribution in [3.05, 3.63) is 11.9 Å². The number of nitrogens with zero attached hydrogens (tertiary/aromatic N) is 3. The number of aromatic nitrogens is 3. The molecule has 1 aromatic heterocycles. The van der Waals surface area contributed by atoms with E-state index in [9.17, 15) is 0 Å². The van der Waals surface area contributed by atoms with Crippen LogP contribution in [-0.4, -0.2) is 15.0 Å². The second-order valence-corrected chi connectivity index (χ2v) is 5.48. The van der Waals surface area contributed by atoms with Crippen LogP contribution in [0, 0.1) is 5.92 Å². The first-order chi connectivity index (χ1) is 7.70. The lowest BCUT2D eigenvalue weighted by molar-refractivity contribution is 0.253. The minimum absolute atomic E-state index is 0.0410. The molecule has 16 heavy (non-hydrogen) atoms. The van der Waals surface area contributed by atoms with Gasteiger partial charge in [-0.1, -0.05) is 18.6 Å². The summed E-state index contributed by atoms with van der Waals surface area (Å²) >= 11 is 5.99. The molecule has 0 amide bonds. The Morgan fingerprint density at radius 3 is 2.62 bits per heavy atom. The fourth-order valence-electron chi connectivity index (χ4n) is 2.47. The molecule has 1 atom stereocenters. The van der Waals surface area contributed by atoms with Crippen LogP contribution >= 0.6 is 11.6 Å². The zero-order valence-corrected chi connectivity index (χ0v) is 10.8. The fraction of sp³-hybridized carbons (Fsp3) is 0.833. The van der Waals surface area contributed by atoms with Gasteiger partial charge in [-0.3, -0.25) is 0 Å². The highest BCUT2D eigenvalue weighted by Gasteiger charge is 2.22. The first-order valence-corrected chi connectivity index (χ1v) is 6.70. The summed E-state index contributed by atoms with van der Waals surface area (Å²) < 4.78 is 2.01. The van der Waals surface area contributed by atoms with Gasteiger partial charge in [0.15, 0.2) is 0 Å². The standard InChI is InChI=1S/C12H20ClN3/c1-3-10-4-6-11(7-5-10)16-8-12(9(2)13)14-15-16/h8-11H,3-7H2,1-2H3. The number of hydrogen-bond donors (Lipinski definition) is 0. The van der Waals surface area contributed by atoms with Crippen LogP contribution in [-0.2, 0) is 0 Å². The molecule has 1 unspecified atom stereocenters. The molecule has 0 aliphatic heterocycles. The van der Waals surface area contributed by atoms with E-state index in [0.717, 1.165) is 11.6 Å². The van der Waals surface area contributed by atoms with Crippen LogP contribution in [0.25, 0.3) is 0 Å². The van der Waals surface area contributed by atoms with Gasteiger partial charge in [-0.15, -0.1) is 16.7 Å². The predicted molar refractivity (Wildman–Crippen MR) is 65.6 cm³/mol. The number of hydrogen-bond acceptors (Lipinski definition) is 2. The maximum Gasteiger partial charge on any atom is 0.100 e. The van der Waals surface area contributed by atoms with Crippen molar-refractivity contribution < 1.29 is 0 Å². The highest BCUT2D eigenvalue weighted by Crippen LogP contribution is 2.33. The van der Waals surface area contributed by atoms with E-state index >= 15 is 0 Å². The molecule has 2 rings (SSSR count). The summed E-state index contributed by atoms with van der Waals surface area (Å²) in [5.41, 5.74) is 0.888. The monoisotopic (exact) mass is 241 g/mol. The van der Waals surface area contributed by atoms with Gasteiger partial charge in [-0.05, 0) is 38.5 Å². The molecule has 0 spiro atoms. The van der Waals surface area contributed by atoms with Gasteiger partial charge >= 0.3 is 0 Å². The van der Waals surface area contributed by atoms with Crippen LogP contribution in [0.4, 0.5) is 0 Å². The van der Waals surface area contributed by atoms with E-state index in [0.29, 0.717) is 6.04 Å². The SMILES string of the molecule is CCC1CCC(n2cc(C(C)Cl)nn2)CC1. The minimum Gasteiger partial charge on any atom is -0.249 e. The molecule has 4 heteroatoms. The Labute approximate surface area is 102 Å². The van der Waals surface area contributed by atoms with E-state index in [2.05, 4.69) is 17.2 Å². The third kappa shape index (κ3) is 2.57. The van der Waals surface area contributed by atoms with E-state index in [1.807, 2.05) is 17.8 Å². The third-order valence-corrected chi connectivity index (χ3v) is 3.93. The fourth-order valence-corrected chi connectivity index (χ4v) is 2.57. The quantitative estimate of drug-likeness (QED) is 0.756. The molecular formula is C12H20ClN3. The minimum atomic E-state index is -0.0410. The van der Waals surface area contributed by atoms with E-state index in [-0.39, 0.29) is 5.38 Å². The topological polar surface area (TPSA) is 30.7 Å². The van der Waals surface area contributed by atoms with Crippen molar-refractivity contribution in [1.82, 2.24) is 15.0 Å². The summed E-state index contributed by atoms with van der Waals surface area (Å²) in [6, 6.07) is 0.541. The van der Waals surface area contributed by atoms with Crippen molar-refractivity contribution in [1.29, 1.82) is 0 Å². The predicted octanol–water partition coefficient (Wildman–Crippen LogP) is 3.72. The van der Waals surface area contributed by atoms with E-state index in [1.54, 1.807) is 0 Å². The Bertz CT molecular complexity index is 327. The highest BCUT2D eigenvalue weighted by molar-refractivity contribution is 6.20. The lowest BCUT2D eigenvalue weighted by atomic mass is 9.85. The average Bonchev–Trinajstić information content (AvgIpc) is 2.78. The van der Waals surface area contributed by atoms with Crippen LogP contribution in [0.15, 0.2) is 6.20 Å². The number of halogens is 1. The lowest BCUT2D eigenvalue weighted by Crippen LogP contribution is -2.18. The molecule has 1 heterocycles. The molecule has 1 aromatic rings. The van der Waals surface area contributed by atoms with Gasteiger partial charge in [0.1, 0.15) is 5.69 Å².